The fourth-order valence-electron chi connectivity index (χ4n) is 0.937. The van der Waals surface area contributed by atoms with Crippen molar-refractivity contribution < 1.29 is 13.2 Å². The third kappa shape index (κ3) is 3.15. The normalized spacial score (nSPS) is 11.0. The van der Waals surface area contributed by atoms with E-state index in [2.05, 4.69) is 4.72 Å². The first-order valence-corrected chi connectivity index (χ1v) is 5.34. The lowest BCUT2D eigenvalue weighted by Crippen LogP contribution is -2.21. The van der Waals surface area contributed by atoms with E-state index in [-0.39, 0.29) is 5.78 Å². The quantitative estimate of drug-likeness (QED) is 0.718. The molecule has 0 bridgehead atoms. The van der Waals surface area contributed by atoms with Gasteiger partial charge in [-0.2, -0.15) is 8.42 Å². The Morgan fingerprint density at radius 3 is 2.14 bits per heavy atom. The highest BCUT2D eigenvalue weighted by Gasteiger charge is 2.03. The molecule has 14 heavy (non-hydrogen) atoms. The van der Waals surface area contributed by atoms with E-state index in [1.54, 1.807) is 0 Å². The van der Waals surface area contributed by atoms with Crippen molar-refractivity contribution in [1.82, 2.24) is 0 Å². The summed E-state index contributed by atoms with van der Waals surface area (Å²) in [5.41, 5.74) is 0.850. The number of anilines is 1. The lowest BCUT2D eigenvalue weighted by molar-refractivity contribution is 0.101. The largest absolute Gasteiger partial charge is 0.296 e. The van der Waals surface area contributed by atoms with Crippen LogP contribution in [0.1, 0.15) is 17.3 Å². The molecule has 0 fully saturated rings. The van der Waals surface area contributed by atoms with E-state index in [0.29, 0.717) is 11.3 Å². The number of benzene rings is 1. The average Bonchev–Trinajstić information content (AvgIpc) is 2.02. The zero-order valence-electron chi connectivity index (χ0n) is 7.52. The van der Waals surface area contributed by atoms with Gasteiger partial charge < -0.3 is 0 Å². The third-order valence-corrected chi connectivity index (χ3v) is 2.07. The molecule has 0 radical (unpaired) electrons. The standard InChI is InChI=1S/C8H10N2O3S/c1-6(11)7-2-4-8(5-3-7)10-14(9,12)13/h2-5,10H,1H3,(H2,9,12,13). The number of carbonyl (C=O) groups excluding carboxylic acids is 1. The van der Waals surface area contributed by atoms with E-state index in [1.165, 1.54) is 31.2 Å². The van der Waals surface area contributed by atoms with Crippen molar-refractivity contribution in [3.8, 4) is 0 Å². The fourth-order valence-corrected chi connectivity index (χ4v) is 1.40. The highest BCUT2D eigenvalue weighted by atomic mass is 32.2. The van der Waals surface area contributed by atoms with Gasteiger partial charge in [-0.15, -0.1) is 0 Å². The van der Waals surface area contributed by atoms with E-state index >= 15 is 0 Å². The van der Waals surface area contributed by atoms with Crippen LogP contribution in [0.5, 0.6) is 0 Å². The summed E-state index contributed by atoms with van der Waals surface area (Å²) in [7, 11) is -3.75. The van der Waals surface area contributed by atoms with Gasteiger partial charge in [0.05, 0.1) is 0 Å². The summed E-state index contributed by atoms with van der Waals surface area (Å²) < 4.78 is 23.3. The maximum atomic E-state index is 10.9. The summed E-state index contributed by atoms with van der Waals surface area (Å²) in [6.45, 7) is 1.43. The number of rotatable bonds is 3. The Kier molecular flexibility index (Phi) is 2.87. The summed E-state index contributed by atoms with van der Waals surface area (Å²) >= 11 is 0. The Labute approximate surface area is 82.1 Å². The van der Waals surface area contributed by atoms with Gasteiger partial charge in [0.15, 0.2) is 5.78 Å². The molecule has 0 saturated carbocycles. The second-order valence-electron chi connectivity index (χ2n) is 2.78. The van der Waals surface area contributed by atoms with Gasteiger partial charge in [0, 0.05) is 11.3 Å². The van der Waals surface area contributed by atoms with Gasteiger partial charge in [-0.3, -0.25) is 9.52 Å². The molecule has 0 amide bonds. The van der Waals surface area contributed by atoms with Gasteiger partial charge >= 0.3 is 0 Å². The van der Waals surface area contributed by atoms with Crippen LogP contribution >= 0.6 is 0 Å². The van der Waals surface area contributed by atoms with Gasteiger partial charge in [0.1, 0.15) is 0 Å². The molecule has 1 rings (SSSR count). The first kappa shape index (κ1) is 10.7. The smallest absolute Gasteiger partial charge is 0.295 e. The fraction of sp³-hybridized carbons (Fsp3) is 0.125. The summed E-state index contributed by atoms with van der Waals surface area (Å²) in [6.07, 6.45) is 0. The molecular weight excluding hydrogens is 204 g/mol. The number of carbonyl (C=O) groups is 1. The molecule has 1 aromatic carbocycles. The number of Topliss-reactive ketones (excluding diaryl/α,β-unsaturated/α-hetero) is 1. The van der Waals surface area contributed by atoms with E-state index in [9.17, 15) is 13.2 Å². The van der Waals surface area contributed by atoms with Crippen LogP contribution in [0, 0.1) is 0 Å². The van der Waals surface area contributed by atoms with Crippen LogP contribution in [0.2, 0.25) is 0 Å². The van der Waals surface area contributed by atoms with E-state index in [4.69, 9.17) is 5.14 Å². The third-order valence-electron chi connectivity index (χ3n) is 1.55. The molecule has 0 aliphatic heterocycles. The van der Waals surface area contributed by atoms with Crippen molar-refractivity contribution >= 4 is 21.7 Å². The first-order valence-electron chi connectivity index (χ1n) is 3.80. The monoisotopic (exact) mass is 214 g/mol. The lowest BCUT2D eigenvalue weighted by Gasteiger charge is -2.03. The minimum absolute atomic E-state index is 0.0767. The molecule has 0 aliphatic rings. The summed E-state index contributed by atoms with van der Waals surface area (Å²) in [4.78, 5) is 10.9. The molecule has 0 unspecified atom stereocenters. The van der Waals surface area contributed by atoms with Crippen molar-refractivity contribution in [2.45, 2.75) is 6.92 Å². The zero-order chi connectivity index (χ0) is 10.8. The molecule has 1 aromatic rings. The van der Waals surface area contributed by atoms with Crippen LogP contribution < -0.4 is 9.86 Å². The second kappa shape index (κ2) is 3.77. The molecule has 0 saturated heterocycles. The maximum absolute atomic E-state index is 10.9. The predicted octanol–water partition coefficient (Wildman–Crippen LogP) is 0.505. The van der Waals surface area contributed by atoms with E-state index in [1.807, 2.05) is 0 Å². The zero-order valence-corrected chi connectivity index (χ0v) is 8.34. The summed E-state index contributed by atoms with van der Waals surface area (Å²) in [6, 6.07) is 5.99. The topological polar surface area (TPSA) is 89.3 Å². The maximum Gasteiger partial charge on any atom is 0.296 e. The van der Waals surface area contributed by atoms with Crippen LogP contribution in [0.4, 0.5) is 5.69 Å². The molecule has 0 heterocycles. The summed E-state index contributed by atoms with van der Waals surface area (Å²) in [5.74, 6) is -0.0767. The highest BCUT2D eigenvalue weighted by Crippen LogP contribution is 2.10. The van der Waals surface area contributed by atoms with Crippen molar-refractivity contribution in [2.24, 2.45) is 5.14 Å². The molecular formula is C8H10N2O3S. The Morgan fingerprint density at radius 1 is 1.29 bits per heavy atom. The first-order chi connectivity index (χ1) is 6.38. The van der Waals surface area contributed by atoms with Gasteiger partial charge in [0.2, 0.25) is 0 Å². The van der Waals surface area contributed by atoms with Crippen molar-refractivity contribution in [2.75, 3.05) is 4.72 Å². The lowest BCUT2D eigenvalue weighted by atomic mass is 10.1. The van der Waals surface area contributed by atoms with Crippen LogP contribution in [-0.2, 0) is 10.2 Å². The van der Waals surface area contributed by atoms with Gasteiger partial charge in [-0.05, 0) is 31.2 Å². The van der Waals surface area contributed by atoms with Crippen LogP contribution in [0.25, 0.3) is 0 Å². The minimum atomic E-state index is -3.75. The second-order valence-corrected chi connectivity index (χ2v) is 4.07. The van der Waals surface area contributed by atoms with Crippen LogP contribution in [0.15, 0.2) is 24.3 Å². The van der Waals surface area contributed by atoms with Crippen molar-refractivity contribution in [3.05, 3.63) is 29.8 Å². The summed E-state index contributed by atoms with van der Waals surface area (Å²) in [5, 5.41) is 4.76. The molecule has 0 aromatic heterocycles. The van der Waals surface area contributed by atoms with Gasteiger partial charge in [-0.25, -0.2) is 5.14 Å². The Morgan fingerprint density at radius 2 is 1.79 bits per heavy atom. The highest BCUT2D eigenvalue weighted by molar-refractivity contribution is 7.90. The minimum Gasteiger partial charge on any atom is -0.295 e. The van der Waals surface area contributed by atoms with Gasteiger partial charge in [-0.1, -0.05) is 0 Å². The average molecular weight is 214 g/mol. The van der Waals surface area contributed by atoms with Crippen LogP contribution in [0.3, 0.4) is 0 Å². The van der Waals surface area contributed by atoms with Crippen LogP contribution in [-0.4, -0.2) is 14.2 Å². The number of ketones is 1. The van der Waals surface area contributed by atoms with E-state index in [0.717, 1.165) is 0 Å². The van der Waals surface area contributed by atoms with Crippen molar-refractivity contribution in [1.29, 1.82) is 0 Å². The molecule has 0 atom stereocenters. The molecule has 76 valence electrons. The Hall–Kier alpha value is -1.40. The molecule has 0 spiro atoms. The van der Waals surface area contributed by atoms with Crippen molar-refractivity contribution in [3.63, 3.8) is 0 Å². The number of hydrogen-bond donors (Lipinski definition) is 2. The number of hydrogen-bond acceptors (Lipinski definition) is 3. The molecule has 5 nitrogen and oxygen atoms in total. The Balaban J connectivity index is 2.90. The Bertz CT molecular complexity index is 436. The number of nitrogens with two attached hydrogens (primary N) is 1. The predicted molar refractivity (Wildman–Crippen MR) is 53.2 cm³/mol. The number of nitrogens with one attached hydrogen (secondary N) is 1. The molecule has 6 heteroatoms. The van der Waals surface area contributed by atoms with E-state index < -0.39 is 10.2 Å². The molecule has 3 N–H and O–H groups in total. The SMILES string of the molecule is CC(=O)c1ccc(NS(N)(=O)=O)cc1. The molecule has 0 aliphatic carbocycles. The van der Waals surface area contributed by atoms with Gasteiger partial charge in [0.25, 0.3) is 10.2 Å².